The molecule has 2 aromatic carbocycles. The molecule has 182 valence electrons. The highest BCUT2D eigenvalue weighted by Gasteiger charge is 2.27. The first-order valence-electron chi connectivity index (χ1n) is 11.7. The molecule has 1 unspecified atom stereocenters. The number of piperidine rings is 1. The van der Waals surface area contributed by atoms with E-state index in [-0.39, 0.29) is 17.7 Å². The molecule has 1 aromatic heterocycles. The fourth-order valence-corrected chi connectivity index (χ4v) is 5.09. The lowest BCUT2D eigenvalue weighted by molar-refractivity contribution is -0.121. The summed E-state index contributed by atoms with van der Waals surface area (Å²) in [6, 6.07) is 12.6. The van der Waals surface area contributed by atoms with E-state index in [9.17, 15) is 9.59 Å². The van der Waals surface area contributed by atoms with Gasteiger partial charge >= 0.3 is 0 Å². The minimum atomic E-state index is -0.142. The lowest BCUT2D eigenvalue weighted by atomic mass is 9.97. The summed E-state index contributed by atoms with van der Waals surface area (Å²) >= 11 is 12.2. The number of nitrogens with one attached hydrogen (secondary N) is 1. The van der Waals surface area contributed by atoms with Gasteiger partial charge < -0.3 is 14.7 Å². The van der Waals surface area contributed by atoms with Gasteiger partial charge in [-0.1, -0.05) is 28.4 Å². The number of amides is 2. The molecule has 2 aliphatic rings. The smallest absolute Gasteiger partial charge is 0.241 e. The summed E-state index contributed by atoms with van der Waals surface area (Å²) in [5.41, 5.74) is 2.25. The van der Waals surface area contributed by atoms with Crippen molar-refractivity contribution < 1.29 is 14.1 Å². The van der Waals surface area contributed by atoms with E-state index in [1.54, 1.807) is 23.1 Å². The maximum atomic E-state index is 12.9. The molecular formula is C25H25Cl2N5O3. The summed E-state index contributed by atoms with van der Waals surface area (Å²) in [6.45, 7) is 2.66. The Labute approximate surface area is 213 Å². The number of hydrogen-bond donors (Lipinski definition) is 1. The van der Waals surface area contributed by atoms with Crippen molar-refractivity contribution in [2.24, 2.45) is 5.92 Å². The van der Waals surface area contributed by atoms with E-state index < -0.39 is 0 Å². The van der Waals surface area contributed by atoms with Crippen molar-refractivity contribution >= 4 is 46.4 Å². The van der Waals surface area contributed by atoms with Crippen molar-refractivity contribution in [2.75, 3.05) is 29.9 Å². The largest absolute Gasteiger partial charge is 0.338 e. The van der Waals surface area contributed by atoms with Crippen LogP contribution >= 0.6 is 23.2 Å². The molecule has 8 nitrogen and oxygen atoms in total. The fourth-order valence-electron chi connectivity index (χ4n) is 4.59. The van der Waals surface area contributed by atoms with Gasteiger partial charge in [0.05, 0.1) is 17.5 Å². The molecule has 10 heteroatoms. The summed E-state index contributed by atoms with van der Waals surface area (Å²) in [5, 5.41) is 8.06. The second-order valence-electron chi connectivity index (χ2n) is 8.90. The van der Waals surface area contributed by atoms with Gasteiger partial charge in [-0.05, 0) is 68.3 Å². The van der Waals surface area contributed by atoms with Gasteiger partial charge in [-0.3, -0.25) is 14.5 Å². The third-order valence-corrected chi connectivity index (χ3v) is 6.94. The molecule has 2 aliphatic heterocycles. The van der Waals surface area contributed by atoms with E-state index in [0.29, 0.717) is 46.8 Å². The molecule has 2 fully saturated rings. The predicted octanol–water partition coefficient (Wildman–Crippen LogP) is 5.02. The van der Waals surface area contributed by atoms with E-state index in [4.69, 9.17) is 27.7 Å². The molecular weight excluding hydrogens is 489 g/mol. The lowest BCUT2D eigenvalue weighted by Crippen LogP contribution is -2.40. The average Bonchev–Trinajstić information content (AvgIpc) is 3.49. The van der Waals surface area contributed by atoms with Gasteiger partial charge in [0.2, 0.25) is 23.5 Å². The molecule has 5 rings (SSSR count). The van der Waals surface area contributed by atoms with Crippen LogP contribution in [0, 0.1) is 5.92 Å². The number of rotatable bonds is 6. The van der Waals surface area contributed by atoms with Crippen LogP contribution in [0.3, 0.4) is 0 Å². The number of anilines is 2. The van der Waals surface area contributed by atoms with Crippen LogP contribution < -0.4 is 10.2 Å². The Morgan fingerprint density at radius 3 is 2.69 bits per heavy atom. The number of aromatic nitrogens is 2. The monoisotopic (exact) mass is 513 g/mol. The SMILES string of the molecule is O=C(Nc1ccc(N2CCCC2=O)cc1)C1CCCN(Cc2nc(-c3ccc(Cl)cc3Cl)no2)C1. The van der Waals surface area contributed by atoms with Crippen molar-refractivity contribution in [3.8, 4) is 11.4 Å². The number of halogens is 2. The first kappa shape index (κ1) is 23.8. The molecule has 2 amide bonds. The van der Waals surface area contributed by atoms with Crippen LogP contribution in [0.15, 0.2) is 47.0 Å². The molecule has 0 aliphatic carbocycles. The molecule has 0 radical (unpaired) electrons. The molecule has 3 heterocycles. The van der Waals surface area contributed by atoms with Crippen molar-refractivity contribution in [3.05, 3.63) is 58.4 Å². The zero-order valence-corrected chi connectivity index (χ0v) is 20.6. The van der Waals surface area contributed by atoms with Crippen LogP contribution in [0.4, 0.5) is 11.4 Å². The first-order chi connectivity index (χ1) is 17.0. The number of nitrogens with zero attached hydrogens (tertiary/aromatic N) is 4. The molecule has 2 saturated heterocycles. The highest BCUT2D eigenvalue weighted by atomic mass is 35.5. The van der Waals surface area contributed by atoms with Crippen molar-refractivity contribution in [3.63, 3.8) is 0 Å². The van der Waals surface area contributed by atoms with Crippen molar-refractivity contribution in [2.45, 2.75) is 32.2 Å². The number of benzene rings is 2. The Balaban J connectivity index is 1.17. The Bertz CT molecular complexity index is 1230. The van der Waals surface area contributed by atoms with Gasteiger partial charge in [0.15, 0.2) is 0 Å². The van der Waals surface area contributed by atoms with E-state index >= 15 is 0 Å². The number of carbonyl (C=O) groups is 2. The summed E-state index contributed by atoms with van der Waals surface area (Å²) in [4.78, 5) is 33.3. The predicted molar refractivity (Wildman–Crippen MR) is 134 cm³/mol. The summed E-state index contributed by atoms with van der Waals surface area (Å²) in [6.07, 6.45) is 3.20. The third kappa shape index (κ3) is 5.50. The van der Waals surface area contributed by atoms with Gasteiger partial charge in [0.25, 0.3) is 0 Å². The Hall–Kier alpha value is -2.94. The molecule has 0 bridgehead atoms. The Morgan fingerprint density at radius 1 is 1.11 bits per heavy atom. The van der Waals surface area contributed by atoms with Crippen LogP contribution in [0.1, 0.15) is 31.6 Å². The second kappa shape index (κ2) is 10.4. The fraction of sp³-hybridized carbons (Fsp3) is 0.360. The van der Waals surface area contributed by atoms with Gasteiger partial charge in [0.1, 0.15) is 0 Å². The zero-order valence-electron chi connectivity index (χ0n) is 19.0. The van der Waals surface area contributed by atoms with Gasteiger partial charge in [0, 0.05) is 41.5 Å². The van der Waals surface area contributed by atoms with Crippen molar-refractivity contribution in [1.29, 1.82) is 0 Å². The van der Waals surface area contributed by atoms with Crippen LogP contribution in [-0.2, 0) is 16.1 Å². The standard InChI is InChI=1S/C25H25Cl2N5O3/c26-17-5-10-20(21(27)13-17)24-29-22(35-30-24)15-31-11-1-3-16(14-31)25(34)28-18-6-8-19(9-7-18)32-12-2-4-23(32)33/h5-10,13,16H,1-4,11-12,14-15H2,(H,28,34). The van der Waals surface area contributed by atoms with Crippen LogP contribution in [-0.4, -0.2) is 46.5 Å². The average molecular weight is 514 g/mol. The van der Waals surface area contributed by atoms with E-state index in [1.165, 1.54) is 0 Å². The minimum Gasteiger partial charge on any atom is -0.338 e. The number of likely N-dealkylation sites (tertiary alicyclic amines) is 1. The van der Waals surface area contributed by atoms with Gasteiger partial charge in [-0.2, -0.15) is 4.98 Å². The van der Waals surface area contributed by atoms with Crippen LogP contribution in [0.2, 0.25) is 10.0 Å². The normalized spacial score (nSPS) is 18.7. The summed E-state index contributed by atoms with van der Waals surface area (Å²) in [5.74, 6) is 0.871. The first-order valence-corrected chi connectivity index (χ1v) is 12.4. The van der Waals surface area contributed by atoms with Crippen molar-refractivity contribution in [1.82, 2.24) is 15.0 Å². The molecule has 35 heavy (non-hydrogen) atoms. The molecule has 3 aromatic rings. The Morgan fingerprint density at radius 2 is 1.94 bits per heavy atom. The minimum absolute atomic E-state index is 0.0149. The second-order valence-corrected chi connectivity index (χ2v) is 9.74. The molecule has 1 N–H and O–H groups in total. The topological polar surface area (TPSA) is 91.6 Å². The van der Waals surface area contributed by atoms with Gasteiger partial charge in [-0.15, -0.1) is 0 Å². The zero-order chi connectivity index (χ0) is 24.4. The molecule has 0 spiro atoms. The van der Waals surface area contributed by atoms with E-state index in [2.05, 4.69) is 20.4 Å². The third-order valence-electron chi connectivity index (χ3n) is 6.40. The number of carbonyl (C=O) groups excluding carboxylic acids is 2. The van der Waals surface area contributed by atoms with E-state index in [0.717, 1.165) is 43.7 Å². The van der Waals surface area contributed by atoms with Gasteiger partial charge in [-0.25, -0.2) is 0 Å². The summed E-state index contributed by atoms with van der Waals surface area (Å²) < 4.78 is 5.44. The van der Waals surface area contributed by atoms with Crippen LogP contribution in [0.5, 0.6) is 0 Å². The Kier molecular flexibility index (Phi) is 7.04. The van der Waals surface area contributed by atoms with Crippen LogP contribution in [0.25, 0.3) is 11.4 Å². The highest BCUT2D eigenvalue weighted by Crippen LogP contribution is 2.29. The number of hydrogen-bond acceptors (Lipinski definition) is 6. The maximum absolute atomic E-state index is 12.9. The highest BCUT2D eigenvalue weighted by molar-refractivity contribution is 6.36. The summed E-state index contributed by atoms with van der Waals surface area (Å²) in [7, 11) is 0. The molecule has 0 saturated carbocycles. The lowest BCUT2D eigenvalue weighted by Gasteiger charge is -2.30. The maximum Gasteiger partial charge on any atom is 0.241 e. The quantitative estimate of drug-likeness (QED) is 0.497. The molecule has 1 atom stereocenters. The van der Waals surface area contributed by atoms with E-state index in [1.807, 2.05) is 24.3 Å².